The third kappa shape index (κ3) is 2.95. The lowest BCUT2D eigenvalue weighted by Crippen LogP contribution is -2.07. The van der Waals surface area contributed by atoms with E-state index in [9.17, 15) is 4.79 Å². The Morgan fingerprint density at radius 2 is 2.17 bits per heavy atom. The van der Waals surface area contributed by atoms with Crippen molar-refractivity contribution in [2.24, 2.45) is 7.05 Å². The largest absolute Gasteiger partial charge is 0.455 e. The van der Waals surface area contributed by atoms with Gasteiger partial charge in [-0.25, -0.2) is 9.97 Å². The van der Waals surface area contributed by atoms with Gasteiger partial charge in [-0.05, 0) is 24.6 Å². The molecule has 0 aliphatic carbocycles. The van der Waals surface area contributed by atoms with Crippen LogP contribution >= 0.6 is 11.6 Å². The van der Waals surface area contributed by atoms with Crippen LogP contribution < -0.4 is 10.1 Å². The van der Waals surface area contributed by atoms with Crippen molar-refractivity contribution in [3.63, 3.8) is 0 Å². The van der Waals surface area contributed by atoms with Crippen molar-refractivity contribution in [1.82, 2.24) is 19.5 Å². The minimum atomic E-state index is -0.196. The third-order valence-electron chi connectivity index (χ3n) is 3.31. The van der Waals surface area contributed by atoms with E-state index >= 15 is 0 Å². The van der Waals surface area contributed by atoms with Crippen LogP contribution in [0.4, 0.5) is 5.82 Å². The first-order valence-corrected chi connectivity index (χ1v) is 7.22. The standard InChI is InChI=1S/C15H14ClN5O2/c1-8-11(7-18-14-13(8)21(3)15(16)20-14)23-10-4-5-17-12(6-10)19-9(2)22/h4-7H,1-3H3,(H,17,19,22). The molecule has 0 spiro atoms. The molecular weight excluding hydrogens is 318 g/mol. The summed E-state index contributed by atoms with van der Waals surface area (Å²) in [6.07, 6.45) is 3.16. The molecule has 0 bridgehead atoms. The van der Waals surface area contributed by atoms with Gasteiger partial charge in [-0.1, -0.05) is 0 Å². The fourth-order valence-electron chi connectivity index (χ4n) is 2.25. The molecule has 1 amide bonds. The molecule has 0 radical (unpaired) electrons. The summed E-state index contributed by atoms with van der Waals surface area (Å²) >= 11 is 6.03. The van der Waals surface area contributed by atoms with Gasteiger partial charge in [0.2, 0.25) is 11.2 Å². The number of aromatic nitrogens is 4. The highest BCUT2D eigenvalue weighted by Gasteiger charge is 2.14. The normalized spacial score (nSPS) is 10.8. The highest BCUT2D eigenvalue weighted by Crippen LogP contribution is 2.30. The molecule has 8 heteroatoms. The number of imidazole rings is 1. The highest BCUT2D eigenvalue weighted by atomic mass is 35.5. The van der Waals surface area contributed by atoms with E-state index in [1.807, 2.05) is 14.0 Å². The number of ether oxygens (including phenoxy) is 1. The second kappa shape index (κ2) is 5.85. The smallest absolute Gasteiger partial charge is 0.222 e. The Balaban J connectivity index is 1.97. The molecule has 0 fully saturated rings. The Hall–Kier alpha value is -2.67. The SMILES string of the molecule is CC(=O)Nc1cc(Oc2cnc3nc(Cl)n(C)c3c2C)ccn1. The maximum Gasteiger partial charge on any atom is 0.222 e. The van der Waals surface area contributed by atoms with Crippen LogP contribution in [0.5, 0.6) is 11.5 Å². The fourth-order valence-corrected chi connectivity index (χ4v) is 2.42. The van der Waals surface area contributed by atoms with E-state index in [1.54, 1.807) is 29.1 Å². The number of anilines is 1. The van der Waals surface area contributed by atoms with Crippen LogP contribution in [0.1, 0.15) is 12.5 Å². The van der Waals surface area contributed by atoms with Crippen LogP contribution in [0.15, 0.2) is 24.5 Å². The number of hydrogen-bond acceptors (Lipinski definition) is 5. The van der Waals surface area contributed by atoms with Crippen molar-refractivity contribution in [3.8, 4) is 11.5 Å². The number of hydrogen-bond donors (Lipinski definition) is 1. The number of aryl methyl sites for hydroxylation is 2. The van der Waals surface area contributed by atoms with E-state index in [0.29, 0.717) is 28.2 Å². The van der Waals surface area contributed by atoms with Gasteiger partial charge in [-0.15, -0.1) is 0 Å². The second-order valence-corrected chi connectivity index (χ2v) is 5.36. The Morgan fingerprint density at radius 3 is 2.91 bits per heavy atom. The van der Waals surface area contributed by atoms with E-state index in [4.69, 9.17) is 16.3 Å². The Labute approximate surface area is 137 Å². The molecule has 3 aromatic heterocycles. The molecule has 3 aromatic rings. The van der Waals surface area contributed by atoms with Crippen LogP contribution in [-0.4, -0.2) is 25.4 Å². The van der Waals surface area contributed by atoms with Gasteiger partial charge in [0.1, 0.15) is 11.6 Å². The van der Waals surface area contributed by atoms with E-state index in [1.165, 1.54) is 6.92 Å². The van der Waals surface area contributed by atoms with Gasteiger partial charge in [0.15, 0.2) is 11.4 Å². The first-order chi connectivity index (χ1) is 11.0. The van der Waals surface area contributed by atoms with Gasteiger partial charge in [-0.2, -0.15) is 4.98 Å². The number of carbonyl (C=O) groups excluding carboxylic acids is 1. The zero-order valence-electron chi connectivity index (χ0n) is 12.8. The van der Waals surface area contributed by atoms with Gasteiger partial charge in [0, 0.05) is 31.8 Å². The Morgan fingerprint density at radius 1 is 1.39 bits per heavy atom. The predicted molar refractivity (Wildman–Crippen MR) is 86.9 cm³/mol. The molecule has 23 heavy (non-hydrogen) atoms. The molecule has 1 N–H and O–H groups in total. The molecule has 118 valence electrons. The first-order valence-electron chi connectivity index (χ1n) is 6.84. The number of carbonyl (C=O) groups is 1. The predicted octanol–water partition coefficient (Wildman–Crippen LogP) is 3.08. The van der Waals surface area contributed by atoms with E-state index in [0.717, 1.165) is 11.1 Å². The van der Waals surface area contributed by atoms with Crippen molar-refractivity contribution in [2.45, 2.75) is 13.8 Å². The number of amides is 1. The summed E-state index contributed by atoms with van der Waals surface area (Å²) in [6.45, 7) is 3.33. The molecule has 0 aliphatic heterocycles. The molecule has 3 heterocycles. The fraction of sp³-hybridized carbons (Fsp3) is 0.200. The number of pyridine rings is 2. The average Bonchev–Trinajstić information content (AvgIpc) is 2.78. The molecule has 7 nitrogen and oxygen atoms in total. The highest BCUT2D eigenvalue weighted by molar-refractivity contribution is 6.29. The Bertz CT molecular complexity index is 906. The second-order valence-electron chi connectivity index (χ2n) is 5.02. The van der Waals surface area contributed by atoms with Crippen LogP contribution in [0.2, 0.25) is 5.28 Å². The topological polar surface area (TPSA) is 81.9 Å². The zero-order valence-corrected chi connectivity index (χ0v) is 13.5. The summed E-state index contributed by atoms with van der Waals surface area (Å²) < 4.78 is 7.62. The van der Waals surface area contributed by atoms with Crippen LogP contribution in [0, 0.1) is 6.92 Å². The third-order valence-corrected chi connectivity index (χ3v) is 3.65. The molecule has 0 unspecified atom stereocenters. The minimum Gasteiger partial charge on any atom is -0.455 e. The lowest BCUT2D eigenvalue weighted by atomic mass is 10.2. The van der Waals surface area contributed by atoms with Crippen molar-refractivity contribution in [2.75, 3.05) is 5.32 Å². The summed E-state index contributed by atoms with van der Waals surface area (Å²) in [6, 6.07) is 3.34. The average molecular weight is 332 g/mol. The molecule has 0 saturated heterocycles. The van der Waals surface area contributed by atoms with Crippen molar-refractivity contribution in [1.29, 1.82) is 0 Å². The van der Waals surface area contributed by atoms with Gasteiger partial charge in [-0.3, -0.25) is 4.79 Å². The lowest BCUT2D eigenvalue weighted by molar-refractivity contribution is -0.114. The summed E-state index contributed by atoms with van der Waals surface area (Å²) in [5.74, 6) is 1.35. The van der Waals surface area contributed by atoms with Gasteiger partial charge in [0.05, 0.1) is 11.7 Å². The molecular formula is C15H14ClN5O2. The van der Waals surface area contributed by atoms with Gasteiger partial charge >= 0.3 is 0 Å². The molecule has 0 aliphatic rings. The lowest BCUT2D eigenvalue weighted by Gasteiger charge is -2.10. The summed E-state index contributed by atoms with van der Waals surface area (Å²) in [4.78, 5) is 23.6. The zero-order chi connectivity index (χ0) is 16.6. The number of halogens is 1. The number of rotatable bonds is 3. The number of nitrogens with one attached hydrogen (secondary N) is 1. The molecule has 3 rings (SSSR count). The van der Waals surface area contributed by atoms with Crippen LogP contribution in [0.3, 0.4) is 0 Å². The van der Waals surface area contributed by atoms with Gasteiger partial charge < -0.3 is 14.6 Å². The number of nitrogens with zero attached hydrogens (tertiary/aromatic N) is 4. The first kappa shape index (κ1) is 15.2. The van der Waals surface area contributed by atoms with Gasteiger partial charge in [0.25, 0.3) is 0 Å². The summed E-state index contributed by atoms with van der Waals surface area (Å²) in [7, 11) is 1.82. The van der Waals surface area contributed by atoms with E-state index < -0.39 is 0 Å². The summed E-state index contributed by atoms with van der Waals surface area (Å²) in [5.41, 5.74) is 2.24. The van der Waals surface area contributed by atoms with Crippen LogP contribution in [-0.2, 0) is 11.8 Å². The number of fused-ring (bicyclic) bond motifs is 1. The monoisotopic (exact) mass is 331 g/mol. The maximum absolute atomic E-state index is 11.1. The molecule has 0 atom stereocenters. The molecule has 0 aromatic carbocycles. The van der Waals surface area contributed by atoms with Crippen LogP contribution in [0.25, 0.3) is 11.2 Å². The Kier molecular flexibility index (Phi) is 3.87. The van der Waals surface area contributed by atoms with Crippen molar-refractivity contribution in [3.05, 3.63) is 35.4 Å². The quantitative estimate of drug-likeness (QED) is 0.797. The molecule has 0 saturated carbocycles. The van der Waals surface area contributed by atoms with E-state index in [2.05, 4.69) is 20.3 Å². The van der Waals surface area contributed by atoms with Crippen molar-refractivity contribution < 1.29 is 9.53 Å². The minimum absolute atomic E-state index is 0.196. The summed E-state index contributed by atoms with van der Waals surface area (Å²) in [5, 5.41) is 2.98. The van der Waals surface area contributed by atoms with E-state index in [-0.39, 0.29) is 5.91 Å². The maximum atomic E-state index is 11.1. The van der Waals surface area contributed by atoms with Crippen molar-refractivity contribution >= 4 is 34.5 Å².